The average Bonchev–Trinajstić information content (AvgIpc) is 3.16. The molecule has 2 aliphatic heterocycles. The molecule has 3 heterocycles. The summed E-state index contributed by atoms with van der Waals surface area (Å²) in [6, 6.07) is 8.17. The maximum Gasteiger partial charge on any atom is 0.259 e. The molecule has 0 saturated carbocycles. The Kier molecular flexibility index (Phi) is 5.87. The van der Waals surface area contributed by atoms with Crippen molar-refractivity contribution in [1.82, 2.24) is 19.9 Å². The highest BCUT2D eigenvalue weighted by molar-refractivity contribution is 6.31. The van der Waals surface area contributed by atoms with Gasteiger partial charge in [0, 0.05) is 43.8 Å². The van der Waals surface area contributed by atoms with Crippen LogP contribution in [0.25, 0.3) is 0 Å². The molecule has 0 radical (unpaired) electrons. The molecule has 2 fully saturated rings. The van der Waals surface area contributed by atoms with Gasteiger partial charge in [-0.25, -0.2) is 0 Å². The van der Waals surface area contributed by atoms with Crippen LogP contribution in [0.4, 0.5) is 0 Å². The van der Waals surface area contributed by atoms with Gasteiger partial charge in [-0.3, -0.25) is 14.5 Å². The zero-order chi connectivity index (χ0) is 20.4. The van der Waals surface area contributed by atoms with Crippen LogP contribution in [0.1, 0.15) is 34.5 Å². The predicted molar refractivity (Wildman–Crippen MR) is 109 cm³/mol. The van der Waals surface area contributed by atoms with Gasteiger partial charge in [-0.2, -0.15) is 0 Å². The third-order valence-corrected chi connectivity index (χ3v) is 6.24. The Hall–Kier alpha value is -2.38. The number of likely N-dealkylation sites (tertiary alicyclic amines) is 1. The summed E-state index contributed by atoms with van der Waals surface area (Å²) in [4.78, 5) is 31.3. The lowest BCUT2D eigenvalue weighted by molar-refractivity contribution is -0.138. The molecule has 1 aromatic carbocycles. The van der Waals surface area contributed by atoms with Crippen LogP contribution in [0.15, 0.2) is 35.1 Å². The fourth-order valence-electron chi connectivity index (χ4n) is 4.17. The van der Waals surface area contributed by atoms with Gasteiger partial charge < -0.3 is 14.3 Å². The van der Waals surface area contributed by atoms with E-state index in [1.54, 1.807) is 11.8 Å². The zero-order valence-electron chi connectivity index (χ0n) is 16.5. The van der Waals surface area contributed by atoms with Gasteiger partial charge in [0.05, 0.1) is 5.69 Å². The molecule has 2 aliphatic rings. The first kappa shape index (κ1) is 19.9. The third-order valence-electron chi connectivity index (χ3n) is 5.87. The van der Waals surface area contributed by atoms with Gasteiger partial charge in [-0.15, -0.1) is 0 Å². The van der Waals surface area contributed by atoms with E-state index >= 15 is 0 Å². The van der Waals surface area contributed by atoms with Crippen molar-refractivity contribution >= 4 is 23.4 Å². The number of piperidine rings is 1. The molecule has 0 bridgehead atoms. The number of aromatic nitrogens is 1. The number of aryl methyl sites for hydroxylation is 1. The van der Waals surface area contributed by atoms with Crippen LogP contribution in [-0.2, 0) is 11.3 Å². The van der Waals surface area contributed by atoms with Crippen molar-refractivity contribution in [3.63, 3.8) is 0 Å². The molecule has 8 heteroatoms. The number of amides is 2. The van der Waals surface area contributed by atoms with Gasteiger partial charge in [0.2, 0.25) is 5.91 Å². The number of hydrogen-bond donors (Lipinski definition) is 0. The maximum absolute atomic E-state index is 12.7. The third kappa shape index (κ3) is 4.31. The van der Waals surface area contributed by atoms with Crippen LogP contribution >= 0.6 is 11.6 Å². The number of benzene rings is 1. The van der Waals surface area contributed by atoms with E-state index in [1.807, 2.05) is 23.1 Å². The van der Waals surface area contributed by atoms with Crippen molar-refractivity contribution in [2.75, 3.05) is 32.7 Å². The molecular weight excluding hydrogens is 392 g/mol. The summed E-state index contributed by atoms with van der Waals surface area (Å²) in [5, 5.41) is 4.55. The molecule has 154 valence electrons. The quantitative estimate of drug-likeness (QED) is 0.766. The largest absolute Gasteiger partial charge is 0.364 e. The van der Waals surface area contributed by atoms with Crippen LogP contribution in [0.5, 0.6) is 0 Å². The molecule has 2 amide bonds. The topological polar surface area (TPSA) is 69.9 Å². The number of hydrogen-bond acceptors (Lipinski definition) is 5. The minimum Gasteiger partial charge on any atom is -0.364 e. The van der Waals surface area contributed by atoms with Crippen molar-refractivity contribution in [2.24, 2.45) is 0 Å². The van der Waals surface area contributed by atoms with Gasteiger partial charge >= 0.3 is 0 Å². The van der Waals surface area contributed by atoms with Crippen LogP contribution in [0.3, 0.4) is 0 Å². The molecule has 0 aliphatic carbocycles. The fraction of sp³-hybridized carbons (Fsp3) is 0.476. The lowest BCUT2D eigenvalue weighted by atomic mass is 10.0. The Morgan fingerprint density at radius 2 is 1.97 bits per heavy atom. The van der Waals surface area contributed by atoms with E-state index in [4.69, 9.17) is 16.1 Å². The minimum atomic E-state index is -0.189. The van der Waals surface area contributed by atoms with E-state index in [0.29, 0.717) is 24.3 Å². The first-order valence-corrected chi connectivity index (χ1v) is 10.4. The zero-order valence-corrected chi connectivity index (χ0v) is 17.3. The van der Waals surface area contributed by atoms with Crippen molar-refractivity contribution in [3.05, 3.63) is 52.4 Å². The minimum absolute atomic E-state index is 0.0169. The number of halogens is 1. The Morgan fingerprint density at radius 3 is 2.62 bits per heavy atom. The second-order valence-electron chi connectivity index (χ2n) is 7.73. The van der Waals surface area contributed by atoms with E-state index in [1.165, 1.54) is 6.26 Å². The number of nitrogens with zero attached hydrogens (tertiary/aromatic N) is 4. The molecule has 0 spiro atoms. The lowest BCUT2D eigenvalue weighted by Crippen LogP contribution is -2.57. The molecule has 2 saturated heterocycles. The van der Waals surface area contributed by atoms with Crippen molar-refractivity contribution in [2.45, 2.75) is 32.4 Å². The highest BCUT2D eigenvalue weighted by atomic mass is 35.5. The summed E-state index contributed by atoms with van der Waals surface area (Å²) < 4.78 is 4.85. The summed E-state index contributed by atoms with van der Waals surface area (Å²) >= 11 is 6.28. The molecule has 0 atom stereocenters. The van der Waals surface area contributed by atoms with E-state index < -0.39 is 0 Å². The predicted octanol–water partition coefficient (Wildman–Crippen LogP) is 2.59. The first-order chi connectivity index (χ1) is 14.0. The highest BCUT2D eigenvalue weighted by Gasteiger charge is 2.34. The average molecular weight is 417 g/mol. The summed E-state index contributed by atoms with van der Waals surface area (Å²) in [5.74, 6) is -0.172. The fourth-order valence-corrected chi connectivity index (χ4v) is 4.37. The van der Waals surface area contributed by atoms with Crippen LogP contribution < -0.4 is 0 Å². The molecule has 2 aromatic rings. The SMILES string of the molecule is Cc1nocc1C(=O)N1CCN(C2CCN(Cc3ccccc3Cl)CC2)C(=O)C1. The van der Waals surface area contributed by atoms with Crippen LogP contribution in [0, 0.1) is 6.92 Å². The van der Waals surface area contributed by atoms with E-state index in [0.717, 1.165) is 43.1 Å². The number of carbonyl (C=O) groups is 2. The lowest BCUT2D eigenvalue weighted by Gasteiger charge is -2.42. The molecule has 0 N–H and O–H groups in total. The van der Waals surface area contributed by atoms with Gasteiger partial charge in [0.25, 0.3) is 5.91 Å². The maximum atomic E-state index is 12.7. The molecular formula is C21H25ClN4O3. The van der Waals surface area contributed by atoms with Crippen LogP contribution in [0.2, 0.25) is 5.02 Å². The Labute approximate surface area is 175 Å². The first-order valence-electron chi connectivity index (χ1n) is 9.98. The molecule has 7 nitrogen and oxygen atoms in total. The van der Waals surface area contributed by atoms with Gasteiger partial charge in [-0.1, -0.05) is 35.0 Å². The van der Waals surface area contributed by atoms with E-state index in [2.05, 4.69) is 16.1 Å². The van der Waals surface area contributed by atoms with E-state index in [9.17, 15) is 9.59 Å². The second-order valence-corrected chi connectivity index (χ2v) is 8.13. The normalized spacial score (nSPS) is 19.0. The Balaban J connectivity index is 1.30. The Bertz CT molecular complexity index is 892. The van der Waals surface area contributed by atoms with Crippen molar-refractivity contribution in [1.29, 1.82) is 0 Å². The molecule has 29 heavy (non-hydrogen) atoms. The smallest absolute Gasteiger partial charge is 0.259 e. The highest BCUT2D eigenvalue weighted by Crippen LogP contribution is 2.23. The molecule has 1 aromatic heterocycles. The van der Waals surface area contributed by atoms with Gasteiger partial charge in [0.1, 0.15) is 18.4 Å². The van der Waals surface area contributed by atoms with Gasteiger partial charge in [-0.05, 0) is 31.4 Å². The standard InChI is InChI=1S/C21H25ClN4O3/c1-15-18(14-29-23-15)21(28)25-10-11-26(20(27)13-25)17-6-8-24(9-7-17)12-16-4-2-3-5-19(16)22/h2-5,14,17H,6-13H2,1H3. The molecule has 4 rings (SSSR count). The summed E-state index contributed by atoms with van der Waals surface area (Å²) in [5.41, 5.74) is 2.12. The van der Waals surface area contributed by atoms with E-state index in [-0.39, 0.29) is 24.4 Å². The van der Waals surface area contributed by atoms with Crippen molar-refractivity contribution < 1.29 is 14.1 Å². The van der Waals surface area contributed by atoms with Gasteiger partial charge in [0.15, 0.2) is 0 Å². The number of rotatable bonds is 4. The summed E-state index contributed by atoms with van der Waals surface area (Å²) in [6.07, 6.45) is 3.23. The second kappa shape index (κ2) is 8.55. The Morgan fingerprint density at radius 1 is 1.21 bits per heavy atom. The number of piperazine rings is 1. The van der Waals surface area contributed by atoms with Crippen LogP contribution in [-0.4, -0.2) is 70.4 Å². The summed E-state index contributed by atoms with van der Waals surface area (Å²) in [7, 11) is 0. The summed E-state index contributed by atoms with van der Waals surface area (Å²) in [6.45, 7) is 5.65. The monoisotopic (exact) mass is 416 g/mol. The molecule has 0 unspecified atom stereocenters. The van der Waals surface area contributed by atoms with Crippen molar-refractivity contribution in [3.8, 4) is 0 Å². The number of carbonyl (C=O) groups excluding carboxylic acids is 2.